The maximum absolute atomic E-state index is 9.51. The van der Waals surface area contributed by atoms with Crippen LogP contribution in [0.25, 0.3) is 0 Å². The van der Waals surface area contributed by atoms with Crippen LogP contribution in [0.1, 0.15) is 24.0 Å². The molecule has 0 saturated carbocycles. The summed E-state index contributed by atoms with van der Waals surface area (Å²) in [6.07, 6.45) is 0.966. The number of phenols is 1. The number of hydrogen-bond acceptors (Lipinski definition) is 2. The highest BCUT2D eigenvalue weighted by Crippen LogP contribution is 2.24. The lowest BCUT2D eigenvalue weighted by atomic mass is 9.86. The van der Waals surface area contributed by atoms with Crippen LogP contribution in [-0.4, -0.2) is 26.0 Å². The third-order valence-corrected chi connectivity index (χ3v) is 2.84. The zero-order valence-electron chi connectivity index (χ0n) is 8.38. The average molecular weight is 187 g/mol. The van der Waals surface area contributed by atoms with E-state index in [-0.39, 0.29) is 5.75 Å². The second-order valence-corrected chi connectivity index (χ2v) is 3.97. The lowest BCUT2D eigenvalue weighted by molar-refractivity contribution is 0.478. The normalized spacial score (nSPS) is 21.4. The first-order valence-corrected chi connectivity index (χ1v) is 5.00. The number of fused-ring (bicyclic) bond motifs is 1. The molecule has 2 nitrogen and oxygen atoms in total. The minimum absolute atomic E-state index is 0.206. The maximum atomic E-state index is 9.51. The first-order chi connectivity index (χ1) is 6.68. The van der Waals surface area contributed by atoms with Gasteiger partial charge in [-0.2, -0.15) is 0 Å². The minimum atomic E-state index is 0.206. The summed E-state index contributed by atoms with van der Waals surface area (Å²) in [6.45, 7) is 4.13. The van der Waals surface area contributed by atoms with Crippen LogP contribution in [0.2, 0.25) is 0 Å². The summed E-state index contributed by atoms with van der Waals surface area (Å²) in [5.74, 6) is 0.674. The summed E-state index contributed by atoms with van der Waals surface area (Å²) in [6, 6.07) is 3.70. The molecule has 0 fully saturated rings. The van der Waals surface area contributed by atoms with Crippen molar-refractivity contribution in [2.75, 3.05) is 13.1 Å². The molecular formula is C11H14BNO. The van der Waals surface area contributed by atoms with Crippen LogP contribution in [0.3, 0.4) is 0 Å². The summed E-state index contributed by atoms with van der Waals surface area (Å²) >= 11 is 0. The van der Waals surface area contributed by atoms with Crippen molar-refractivity contribution in [3.05, 3.63) is 23.3 Å². The van der Waals surface area contributed by atoms with E-state index in [0.717, 1.165) is 19.5 Å². The third kappa shape index (κ3) is 1.64. The van der Waals surface area contributed by atoms with E-state index in [1.54, 1.807) is 6.07 Å². The Hall–Kier alpha value is -0.955. The molecule has 0 spiro atoms. The third-order valence-electron chi connectivity index (χ3n) is 2.84. The molecule has 0 aromatic heterocycles. The Morgan fingerprint density at radius 1 is 1.50 bits per heavy atom. The molecule has 0 aliphatic carbocycles. The molecule has 3 heteroatoms. The Morgan fingerprint density at radius 2 is 2.29 bits per heavy atom. The first kappa shape index (κ1) is 9.59. The van der Waals surface area contributed by atoms with E-state index < -0.39 is 0 Å². The number of aromatic hydroxyl groups is 1. The SMILES string of the molecule is [B]c1cc2c(cc1O)CCNCC2C. The fourth-order valence-corrected chi connectivity index (χ4v) is 1.99. The number of phenolic OH excluding ortho intramolecular Hbond substituents is 1. The van der Waals surface area contributed by atoms with Gasteiger partial charge in [0, 0.05) is 6.54 Å². The summed E-state index contributed by atoms with van der Waals surface area (Å²) < 4.78 is 0. The van der Waals surface area contributed by atoms with Crippen LogP contribution >= 0.6 is 0 Å². The van der Waals surface area contributed by atoms with Gasteiger partial charge in [-0.15, -0.1) is 0 Å². The number of rotatable bonds is 0. The molecule has 2 rings (SSSR count). The summed E-state index contributed by atoms with van der Waals surface area (Å²) in [5.41, 5.74) is 2.97. The zero-order chi connectivity index (χ0) is 10.1. The van der Waals surface area contributed by atoms with Crippen molar-refractivity contribution in [3.63, 3.8) is 0 Å². The topological polar surface area (TPSA) is 32.3 Å². The van der Waals surface area contributed by atoms with Crippen molar-refractivity contribution in [1.82, 2.24) is 5.32 Å². The van der Waals surface area contributed by atoms with Gasteiger partial charge < -0.3 is 10.4 Å². The van der Waals surface area contributed by atoms with E-state index in [9.17, 15) is 5.11 Å². The monoisotopic (exact) mass is 187 g/mol. The van der Waals surface area contributed by atoms with E-state index in [1.165, 1.54) is 11.1 Å². The van der Waals surface area contributed by atoms with Crippen molar-refractivity contribution >= 4 is 13.3 Å². The molecule has 0 saturated heterocycles. The summed E-state index contributed by atoms with van der Waals surface area (Å²) in [4.78, 5) is 0. The zero-order valence-corrected chi connectivity index (χ0v) is 8.38. The Bertz CT molecular complexity index is 351. The fourth-order valence-electron chi connectivity index (χ4n) is 1.99. The van der Waals surface area contributed by atoms with E-state index in [4.69, 9.17) is 7.85 Å². The minimum Gasteiger partial charge on any atom is -0.509 e. The Kier molecular flexibility index (Phi) is 2.51. The van der Waals surface area contributed by atoms with E-state index in [0.29, 0.717) is 11.4 Å². The second-order valence-electron chi connectivity index (χ2n) is 3.97. The van der Waals surface area contributed by atoms with Crippen LogP contribution in [0.4, 0.5) is 0 Å². The lowest BCUT2D eigenvalue weighted by Crippen LogP contribution is -2.18. The van der Waals surface area contributed by atoms with Crippen molar-refractivity contribution in [1.29, 1.82) is 0 Å². The summed E-state index contributed by atoms with van der Waals surface area (Å²) in [7, 11) is 5.69. The molecule has 1 aromatic carbocycles. The van der Waals surface area contributed by atoms with Gasteiger partial charge in [-0.3, -0.25) is 0 Å². The quantitative estimate of drug-likeness (QED) is 0.577. The molecule has 72 valence electrons. The van der Waals surface area contributed by atoms with Crippen molar-refractivity contribution in [2.24, 2.45) is 0 Å². The van der Waals surface area contributed by atoms with Crippen LogP contribution in [-0.2, 0) is 6.42 Å². The Balaban J connectivity index is 2.49. The van der Waals surface area contributed by atoms with Crippen LogP contribution in [0.15, 0.2) is 12.1 Å². The van der Waals surface area contributed by atoms with Crippen LogP contribution in [0, 0.1) is 0 Å². The van der Waals surface area contributed by atoms with Gasteiger partial charge in [-0.1, -0.05) is 18.5 Å². The standard InChI is InChI=1S/C11H14BNO/c1-7-6-13-3-2-8-4-11(14)10(12)5-9(7)8/h4-5,7,13-14H,2-3,6H2,1H3. The molecule has 2 radical (unpaired) electrons. The smallest absolute Gasteiger partial charge is 0.119 e. The van der Waals surface area contributed by atoms with Gasteiger partial charge in [0.25, 0.3) is 0 Å². The highest BCUT2D eigenvalue weighted by Gasteiger charge is 2.15. The van der Waals surface area contributed by atoms with Gasteiger partial charge in [-0.05, 0) is 36.1 Å². The molecule has 1 aliphatic heterocycles. The Morgan fingerprint density at radius 3 is 3.07 bits per heavy atom. The molecule has 14 heavy (non-hydrogen) atoms. The molecule has 1 aliphatic rings. The van der Waals surface area contributed by atoms with E-state index in [1.807, 2.05) is 6.07 Å². The number of nitrogens with one attached hydrogen (secondary N) is 1. The molecule has 0 amide bonds. The van der Waals surface area contributed by atoms with Gasteiger partial charge >= 0.3 is 0 Å². The average Bonchev–Trinajstić information content (AvgIpc) is 2.31. The molecular weight excluding hydrogens is 173 g/mol. The molecule has 2 N–H and O–H groups in total. The van der Waals surface area contributed by atoms with Crippen LogP contribution < -0.4 is 10.8 Å². The second kappa shape index (κ2) is 3.66. The predicted molar refractivity (Wildman–Crippen MR) is 58.5 cm³/mol. The highest BCUT2D eigenvalue weighted by molar-refractivity contribution is 6.34. The van der Waals surface area contributed by atoms with Gasteiger partial charge in [0.15, 0.2) is 0 Å². The van der Waals surface area contributed by atoms with Gasteiger partial charge in [0.2, 0.25) is 0 Å². The largest absolute Gasteiger partial charge is 0.509 e. The predicted octanol–water partition coefficient (Wildman–Crippen LogP) is 0.435. The first-order valence-electron chi connectivity index (χ1n) is 5.00. The molecule has 1 aromatic rings. The molecule has 1 unspecified atom stereocenters. The molecule has 0 bridgehead atoms. The molecule has 1 atom stereocenters. The maximum Gasteiger partial charge on any atom is 0.119 e. The van der Waals surface area contributed by atoms with Crippen molar-refractivity contribution in [3.8, 4) is 5.75 Å². The lowest BCUT2D eigenvalue weighted by Gasteiger charge is -2.14. The fraction of sp³-hybridized carbons (Fsp3) is 0.455. The van der Waals surface area contributed by atoms with Gasteiger partial charge in [0.1, 0.15) is 13.6 Å². The summed E-state index contributed by atoms with van der Waals surface area (Å²) in [5, 5.41) is 12.9. The van der Waals surface area contributed by atoms with Crippen molar-refractivity contribution < 1.29 is 5.11 Å². The van der Waals surface area contributed by atoms with E-state index >= 15 is 0 Å². The molecule has 1 heterocycles. The highest BCUT2D eigenvalue weighted by atomic mass is 16.3. The van der Waals surface area contributed by atoms with Crippen molar-refractivity contribution in [2.45, 2.75) is 19.3 Å². The van der Waals surface area contributed by atoms with Crippen LogP contribution in [0.5, 0.6) is 5.75 Å². The van der Waals surface area contributed by atoms with Gasteiger partial charge in [0.05, 0.1) is 0 Å². The Labute approximate surface area is 85.7 Å². The van der Waals surface area contributed by atoms with E-state index in [2.05, 4.69) is 12.2 Å². The number of hydrogen-bond donors (Lipinski definition) is 2. The van der Waals surface area contributed by atoms with Gasteiger partial charge in [-0.25, -0.2) is 0 Å². The number of benzene rings is 1.